The maximum Gasteiger partial charge on any atom is 0.414 e. The second-order valence-electron chi connectivity index (χ2n) is 5.15. The van der Waals surface area contributed by atoms with Gasteiger partial charge in [0.1, 0.15) is 0 Å². The number of likely N-dealkylation sites (tertiary alicyclic amines) is 1. The molecule has 0 aliphatic carbocycles. The highest BCUT2D eigenvalue weighted by Gasteiger charge is 2.44. The number of ether oxygens (including phenoxy) is 1. The van der Waals surface area contributed by atoms with E-state index in [-0.39, 0.29) is 25.3 Å². The summed E-state index contributed by atoms with van der Waals surface area (Å²) in [6.45, 7) is 4.26. The summed E-state index contributed by atoms with van der Waals surface area (Å²) in [6.07, 6.45) is -6.34. The first-order valence-corrected chi connectivity index (χ1v) is 7.16. The third-order valence-electron chi connectivity index (χ3n) is 3.55. The van der Waals surface area contributed by atoms with Crippen LogP contribution in [0.5, 0.6) is 0 Å². The van der Waals surface area contributed by atoms with Crippen LogP contribution in [0.15, 0.2) is 0 Å². The predicted molar refractivity (Wildman–Crippen MR) is 70.7 cm³/mol. The molecule has 1 saturated heterocycles. The number of rotatable bonds is 7. The molecule has 0 spiro atoms. The van der Waals surface area contributed by atoms with Crippen LogP contribution in [-0.2, 0) is 9.53 Å². The number of hydrogen-bond donors (Lipinski definition) is 2. The van der Waals surface area contributed by atoms with E-state index in [1.807, 2.05) is 6.92 Å². The van der Waals surface area contributed by atoms with Crippen LogP contribution < -0.4 is 5.32 Å². The third-order valence-corrected chi connectivity index (χ3v) is 3.55. The molecule has 8 heteroatoms. The number of amides is 1. The molecule has 21 heavy (non-hydrogen) atoms. The van der Waals surface area contributed by atoms with Crippen molar-refractivity contribution in [3.8, 4) is 0 Å². The number of piperidine rings is 1. The Bertz CT molecular complexity index is 318. The highest BCUT2D eigenvalue weighted by molar-refractivity contribution is 5.77. The van der Waals surface area contributed by atoms with E-state index in [4.69, 9.17) is 4.74 Å². The molecule has 1 heterocycles. The van der Waals surface area contributed by atoms with Crippen molar-refractivity contribution in [3.63, 3.8) is 0 Å². The minimum absolute atomic E-state index is 0.162. The first-order chi connectivity index (χ1) is 9.84. The molecule has 0 saturated carbocycles. The topological polar surface area (TPSA) is 61.8 Å². The Balaban J connectivity index is 2.22. The van der Waals surface area contributed by atoms with E-state index in [0.29, 0.717) is 32.8 Å². The van der Waals surface area contributed by atoms with E-state index >= 15 is 0 Å². The fraction of sp³-hybridized carbons (Fsp3) is 0.923. The third kappa shape index (κ3) is 6.62. The average Bonchev–Trinajstić information content (AvgIpc) is 2.43. The van der Waals surface area contributed by atoms with E-state index in [0.717, 1.165) is 0 Å². The van der Waals surface area contributed by atoms with Crippen molar-refractivity contribution in [1.82, 2.24) is 10.2 Å². The van der Waals surface area contributed by atoms with Gasteiger partial charge >= 0.3 is 6.18 Å². The van der Waals surface area contributed by atoms with Crippen molar-refractivity contribution in [2.45, 2.75) is 32.0 Å². The molecule has 1 fully saturated rings. The summed E-state index contributed by atoms with van der Waals surface area (Å²) >= 11 is 0. The zero-order chi connectivity index (χ0) is 15.9. The van der Waals surface area contributed by atoms with Crippen LogP contribution in [0.2, 0.25) is 0 Å². The fourth-order valence-corrected chi connectivity index (χ4v) is 2.36. The highest BCUT2D eigenvalue weighted by atomic mass is 19.4. The van der Waals surface area contributed by atoms with Gasteiger partial charge in [0.2, 0.25) is 5.91 Å². The van der Waals surface area contributed by atoms with Gasteiger partial charge in [-0.05, 0) is 38.8 Å². The molecule has 2 N–H and O–H groups in total. The molecule has 1 aliphatic heterocycles. The van der Waals surface area contributed by atoms with Crippen molar-refractivity contribution in [3.05, 3.63) is 0 Å². The van der Waals surface area contributed by atoms with E-state index in [9.17, 15) is 23.1 Å². The summed E-state index contributed by atoms with van der Waals surface area (Å²) < 4.78 is 42.3. The molecule has 5 nitrogen and oxygen atoms in total. The number of nitrogens with one attached hydrogen (secondary N) is 1. The highest BCUT2D eigenvalue weighted by Crippen LogP contribution is 2.31. The van der Waals surface area contributed by atoms with Gasteiger partial charge in [0.25, 0.3) is 0 Å². The van der Waals surface area contributed by atoms with Crippen molar-refractivity contribution in [2.24, 2.45) is 5.92 Å². The molecule has 1 rings (SSSR count). The molecule has 0 aromatic rings. The van der Waals surface area contributed by atoms with E-state index in [1.165, 1.54) is 0 Å². The molecule has 0 radical (unpaired) electrons. The number of aliphatic hydroxyl groups is 1. The number of hydrogen-bond acceptors (Lipinski definition) is 4. The first kappa shape index (κ1) is 18.2. The summed E-state index contributed by atoms with van der Waals surface area (Å²) in [4.78, 5) is 13.4. The summed E-state index contributed by atoms with van der Waals surface area (Å²) in [6, 6.07) is 0. The lowest BCUT2D eigenvalue weighted by atomic mass is 9.91. The Hall–Kier alpha value is -0.860. The average molecular weight is 312 g/mol. The monoisotopic (exact) mass is 312 g/mol. The second-order valence-corrected chi connectivity index (χ2v) is 5.15. The molecule has 1 unspecified atom stereocenters. The molecular weight excluding hydrogens is 289 g/mol. The maximum absolute atomic E-state index is 12.4. The molecule has 124 valence electrons. The number of alkyl halides is 3. The van der Waals surface area contributed by atoms with Gasteiger partial charge in [0.05, 0.1) is 13.2 Å². The largest absolute Gasteiger partial charge is 0.414 e. The maximum atomic E-state index is 12.4. The van der Waals surface area contributed by atoms with E-state index in [1.54, 1.807) is 4.90 Å². The lowest BCUT2D eigenvalue weighted by Gasteiger charge is -2.34. The molecule has 1 atom stereocenters. The number of aliphatic hydroxyl groups excluding tert-OH is 1. The summed E-state index contributed by atoms with van der Waals surface area (Å²) in [7, 11) is 0. The van der Waals surface area contributed by atoms with Crippen LogP contribution in [0.4, 0.5) is 13.2 Å². The minimum atomic E-state index is -4.57. The Labute approximate surface area is 122 Å². The van der Waals surface area contributed by atoms with E-state index in [2.05, 4.69) is 5.32 Å². The van der Waals surface area contributed by atoms with Crippen molar-refractivity contribution in [1.29, 1.82) is 0 Å². The number of nitrogens with zero attached hydrogens (tertiary/aromatic N) is 1. The zero-order valence-electron chi connectivity index (χ0n) is 12.2. The molecular formula is C13H23F3N2O3. The summed E-state index contributed by atoms with van der Waals surface area (Å²) in [5.41, 5.74) is 0. The standard InChI is InChI=1S/C13H23F3N2O3/c1-2-21-8-5-17-11(19)9-18-6-3-10(4-7-18)12(20)13(14,15)16/h10,12,20H,2-9H2,1H3,(H,17,19). The zero-order valence-corrected chi connectivity index (χ0v) is 12.2. The SMILES string of the molecule is CCOCCNC(=O)CN1CCC(C(O)C(F)(F)F)CC1. The quantitative estimate of drug-likeness (QED) is 0.682. The fourth-order valence-electron chi connectivity index (χ4n) is 2.36. The van der Waals surface area contributed by atoms with Gasteiger partial charge in [-0.2, -0.15) is 13.2 Å². The van der Waals surface area contributed by atoms with Gasteiger partial charge in [-0.15, -0.1) is 0 Å². The van der Waals surface area contributed by atoms with Crippen LogP contribution in [0.1, 0.15) is 19.8 Å². The van der Waals surface area contributed by atoms with Gasteiger partial charge in [-0.1, -0.05) is 0 Å². The number of carbonyl (C=O) groups excluding carboxylic acids is 1. The smallest absolute Gasteiger partial charge is 0.383 e. The van der Waals surface area contributed by atoms with Gasteiger partial charge in [-0.25, -0.2) is 0 Å². The van der Waals surface area contributed by atoms with Crippen LogP contribution in [0.3, 0.4) is 0 Å². The Morgan fingerprint density at radius 2 is 2.05 bits per heavy atom. The van der Waals surface area contributed by atoms with Crippen LogP contribution >= 0.6 is 0 Å². The lowest BCUT2D eigenvalue weighted by Crippen LogP contribution is -2.46. The van der Waals surface area contributed by atoms with Gasteiger partial charge in [0.15, 0.2) is 6.10 Å². The normalized spacial score (nSPS) is 19.5. The molecule has 0 aromatic heterocycles. The van der Waals surface area contributed by atoms with E-state index < -0.39 is 18.2 Å². The first-order valence-electron chi connectivity index (χ1n) is 7.16. The predicted octanol–water partition coefficient (Wildman–Crippen LogP) is 0.774. The summed E-state index contributed by atoms with van der Waals surface area (Å²) in [5, 5.41) is 11.9. The Kier molecular flexibility index (Phi) is 7.41. The van der Waals surface area contributed by atoms with Crippen molar-refractivity contribution < 1.29 is 27.8 Å². The van der Waals surface area contributed by atoms with Crippen molar-refractivity contribution >= 4 is 5.91 Å². The lowest BCUT2D eigenvalue weighted by molar-refractivity contribution is -0.223. The van der Waals surface area contributed by atoms with Crippen LogP contribution in [0.25, 0.3) is 0 Å². The van der Waals surface area contributed by atoms with Crippen LogP contribution in [-0.4, -0.2) is 67.6 Å². The minimum Gasteiger partial charge on any atom is -0.383 e. The molecule has 1 amide bonds. The van der Waals surface area contributed by atoms with Crippen LogP contribution in [0, 0.1) is 5.92 Å². The van der Waals surface area contributed by atoms with Crippen molar-refractivity contribution in [2.75, 3.05) is 39.4 Å². The number of carbonyl (C=O) groups is 1. The van der Waals surface area contributed by atoms with Gasteiger partial charge in [0, 0.05) is 13.2 Å². The Morgan fingerprint density at radius 3 is 2.57 bits per heavy atom. The Morgan fingerprint density at radius 1 is 1.43 bits per heavy atom. The van der Waals surface area contributed by atoms with Gasteiger partial charge < -0.3 is 15.2 Å². The number of halogens is 3. The summed E-state index contributed by atoms with van der Waals surface area (Å²) in [5.74, 6) is -0.938. The second kappa shape index (κ2) is 8.55. The molecule has 0 bridgehead atoms. The van der Waals surface area contributed by atoms with Gasteiger partial charge in [-0.3, -0.25) is 9.69 Å². The molecule has 0 aromatic carbocycles. The molecule has 1 aliphatic rings.